The fourth-order valence-corrected chi connectivity index (χ4v) is 4.50. The zero-order valence-corrected chi connectivity index (χ0v) is 23.0. The Hall–Kier alpha value is -3.70. The van der Waals surface area contributed by atoms with Crippen molar-refractivity contribution in [2.45, 2.75) is 77.1 Å². The molecule has 3 amide bonds. The van der Waals surface area contributed by atoms with E-state index in [2.05, 4.69) is 15.6 Å². The van der Waals surface area contributed by atoms with Crippen LogP contribution in [0, 0.1) is 5.41 Å². The number of carbonyl (C=O) groups is 4. The van der Waals surface area contributed by atoms with Gasteiger partial charge in [-0.2, -0.15) is 0 Å². The Kier molecular flexibility index (Phi) is 11.7. The first-order valence-corrected chi connectivity index (χ1v) is 13.1. The number of halogens is 1. The lowest BCUT2D eigenvalue weighted by Crippen LogP contribution is -2.60. The Labute approximate surface area is 228 Å². The van der Waals surface area contributed by atoms with E-state index < -0.39 is 47.6 Å². The number of hydrogen-bond acceptors (Lipinski definition) is 6. The predicted octanol–water partition coefficient (Wildman–Crippen LogP) is 1.79. The average molecular weight is 549 g/mol. The Morgan fingerprint density at radius 1 is 1.21 bits per heavy atom. The molecule has 0 aliphatic carbocycles. The summed E-state index contributed by atoms with van der Waals surface area (Å²) in [5, 5.41) is 5.35. The zero-order chi connectivity index (χ0) is 29.1. The molecule has 1 heterocycles. The van der Waals surface area contributed by atoms with Gasteiger partial charge in [0.1, 0.15) is 25.0 Å². The Bertz CT molecular complexity index is 1010. The van der Waals surface area contributed by atoms with Gasteiger partial charge in [0, 0.05) is 19.5 Å². The molecule has 1 aliphatic rings. The number of rotatable bonds is 13. The van der Waals surface area contributed by atoms with Crippen LogP contribution < -0.4 is 22.1 Å². The van der Waals surface area contributed by atoms with Crippen LogP contribution >= 0.6 is 0 Å². The number of alkyl carbamates (subject to hydrolysis) is 1. The smallest absolute Gasteiger partial charge is 0.408 e. The quantitative estimate of drug-likeness (QED) is 0.126. The predicted molar refractivity (Wildman–Crippen MR) is 145 cm³/mol. The minimum atomic E-state index is -1.45. The third kappa shape index (κ3) is 9.52. The van der Waals surface area contributed by atoms with Crippen molar-refractivity contribution >= 4 is 30.2 Å². The molecular weight excluding hydrogens is 507 g/mol. The van der Waals surface area contributed by atoms with Gasteiger partial charge in [-0.3, -0.25) is 19.0 Å². The molecular formula is C27H41FN6O5. The Morgan fingerprint density at radius 3 is 2.49 bits per heavy atom. The maximum Gasteiger partial charge on any atom is 0.408 e. The monoisotopic (exact) mass is 548 g/mol. The molecule has 39 heavy (non-hydrogen) atoms. The number of nitrogens with two attached hydrogens (primary N) is 2. The number of guanidine groups is 1. The number of hydrogen-bond donors (Lipinski definition) is 4. The van der Waals surface area contributed by atoms with Gasteiger partial charge in [-0.25, -0.2) is 4.79 Å². The van der Waals surface area contributed by atoms with E-state index in [1.807, 2.05) is 30.3 Å². The van der Waals surface area contributed by atoms with E-state index in [0.29, 0.717) is 32.1 Å². The largest absolute Gasteiger partial charge is 0.445 e. The van der Waals surface area contributed by atoms with Crippen LogP contribution in [0.3, 0.4) is 0 Å². The highest BCUT2D eigenvalue weighted by molar-refractivity contribution is 5.93. The molecule has 3 atom stereocenters. The summed E-state index contributed by atoms with van der Waals surface area (Å²) < 4.78 is 18.7. The molecule has 0 unspecified atom stereocenters. The number of nitrogens with zero attached hydrogens (tertiary/aromatic N) is 2. The molecule has 0 spiro atoms. The van der Waals surface area contributed by atoms with Gasteiger partial charge in [0.15, 0.2) is 5.96 Å². The SMILES string of the molecule is CC(C)(C)[C@H](NC(=O)OCc1ccccc1)C(=O)N1CCC[C@H]1C(=O)N[C@@](C=O)(CCF)CCCN=C(N)N. The topological polar surface area (TPSA) is 169 Å². The van der Waals surface area contributed by atoms with Crippen LogP contribution in [-0.2, 0) is 25.7 Å². The second-order valence-electron chi connectivity index (χ2n) is 10.8. The second-order valence-corrected chi connectivity index (χ2v) is 10.8. The average Bonchev–Trinajstić information content (AvgIpc) is 3.38. The van der Waals surface area contributed by atoms with Crippen LogP contribution in [0.25, 0.3) is 0 Å². The van der Waals surface area contributed by atoms with Crippen LogP contribution in [0.15, 0.2) is 35.3 Å². The second kappa shape index (κ2) is 14.5. The van der Waals surface area contributed by atoms with Gasteiger partial charge in [-0.15, -0.1) is 0 Å². The summed E-state index contributed by atoms with van der Waals surface area (Å²) in [5.41, 5.74) is 9.30. The molecule has 1 aromatic rings. The fraction of sp³-hybridized carbons (Fsp3) is 0.593. The van der Waals surface area contributed by atoms with E-state index in [1.165, 1.54) is 4.90 Å². The standard InChI is InChI=1S/C27H41FN6O5/c1-26(2,3)21(32-25(38)39-17-19-9-5-4-6-10-19)23(37)34-16-7-11-20(34)22(36)33-27(18-35,13-14-28)12-8-15-31-24(29)30/h4-6,9-10,18,20-21H,7-8,11-17H2,1-3H3,(H,32,38)(H,33,36)(H4,29,30,31)/t20-,21+,27+/m0/s1. The first-order valence-electron chi connectivity index (χ1n) is 13.1. The van der Waals surface area contributed by atoms with Crippen molar-refractivity contribution < 1.29 is 28.3 Å². The number of alkyl halides is 1. The van der Waals surface area contributed by atoms with Gasteiger partial charge in [0.05, 0.1) is 12.2 Å². The molecule has 1 saturated heterocycles. The van der Waals surface area contributed by atoms with Crippen molar-refractivity contribution in [3.8, 4) is 0 Å². The highest BCUT2D eigenvalue weighted by atomic mass is 19.1. The third-order valence-corrected chi connectivity index (χ3v) is 6.64. The maximum absolute atomic E-state index is 13.7. The normalized spacial score (nSPS) is 17.4. The molecule has 0 bridgehead atoms. The number of aliphatic imine (C=N–C) groups is 1. The molecule has 216 valence electrons. The maximum atomic E-state index is 13.7. The van der Waals surface area contributed by atoms with E-state index in [1.54, 1.807) is 20.8 Å². The Balaban J connectivity index is 2.12. The van der Waals surface area contributed by atoms with Gasteiger partial charge < -0.3 is 36.5 Å². The minimum absolute atomic E-state index is 0.0397. The summed E-state index contributed by atoms with van der Waals surface area (Å²) in [7, 11) is 0. The summed E-state index contributed by atoms with van der Waals surface area (Å²) in [5.74, 6) is -1.10. The van der Waals surface area contributed by atoms with E-state index in [-0.39, 0.29) is 32.0 Å². The van der Waals surface area contributed by atoms with Crippen molar-refractivity contribution in [3.63, 3.8) is 0 Å². The third-order valence-electron chi connectivity index (χ3n) is 6.64. The van der Waals surface area contributed by atoms with Gasteiger partial charge in [-0.1, -0.05) is 51.1 Å². The number of carbonyl (C=O) groups excluding carboxylic acids is 4. The van der Waals surface area contributed by atoms with Crippen molar-refractivity contribution in [1.29, 1.82) is 0 Å². The van der Waals surface area contributed by atoms with Crippen molar-refractivity contribution in [3.05, 3.63) is 35.9 Å². The van der Waals surface area contributed by atoms with Crippen LogP contribution in [0.5, 0.6) is 0 Å². The Morgan fingerprint density at radius 2 is 1.90 bits per heavy atom. The highest BCUT2D eigenvalue weighted by Gasteiger charge is 2.43. The lowest BCUT2D eigenvalue weighted by atomic mass is 9.85. The number of aldehydes is 1. The number of likely N-dealkylation sites (tertiary alicyclic amines) is 1. The lowest BCUT2D eigenvalue weighted by molar-refractivity contribution is -0.143. The van der Waals surface area contributed by atoms with E-state index in [0.717, 1.165) is 5.56 Å². The lowest BCUT2D eigenvalue weighted by Gasteiger charge is -2.36. The van der Waals surface area contributed by atoms with Crippen LogP contribution in [0.2, 0.25) is 0 Å². The van der Waals surface area contributed by atoms with Crippen molar-refractivity contribution in [1.82, 2.24) is 15.5 Å². The van der Waals surface area contributed by atoms with Gasteiger partial charge in [0.25, 0.3) is 0 Å². The molecule has 0 aromatic heterocycles. The molecule has 1 aromatic carbocycles. The summed E-state index contributed by atoms with van der Waals surface area (Å²) in [4.78, 5) is 56.9. The number of benzene rings is 1. The van der Waals surface area contributed by atoms with Crippen LogP contribution in [0.4, 0.5) is 9.18 Å². The van der Waals surface area contributed by atoms with Crippen LogP contribution in [-0.4, -0.2) is 72.4 Å². The highest BCUT2D eigenvalue weighted by Crippen LogP contribution is 2.27. The van der Waals surface area contributed by atoms with E-state index in [9.17, 15) is 23.6 Å². The van der Waals surface area contributed by atoms with Crippen molar-refractivity contribution in [2.24, 2.45) is 21.9 Å². The number of ether oxygens (including phenoxy) is 1. The van der Waals surface area contributed by atoms with Crippen LogP contribution in [0.1, 0.15) is 58.4 Å². The summed E-state index contributed by atoms with van der Waals surface area (Å²) >= 11 is 0. The number of nitrogens with one attached hydrogen (secondary N) is 2. The van der Waals surface area contributed by atoms with E-state index in [4.69, 9.17) is 16.2 Å². The summed E-state index contributed by atoms with van der Waals surface area (Å²) in [6.07, 6.45) is 0.949. The number of amides is 3. The molecule has 2 rings (SSSR count). The van der Waals surface area contributed by atoms with Gasteiger partial charge in [-0.05, 0) is 36.7 Å². The summed E-state index contributed by atoms with van der Waals surface area (Å²) in [6.45, 7) is 5.13. The molecule has 0 saturated carbocycles. The molecule has 6 N–H and O–H groups in total. The molecule has 1 aliphatic heterocycles. The van der Waals surface area contributed by atoms with Gasteiger partial charge in [0.2, 0.25) is 11.8 Å². The first-order chi connectivity index (χ1) is 18.4. The van der Waals surface area contributed by atoms with Crippen molar-refractivity contribution in [2.75, 3.05) is 19.8 Å². The minimum Gasteiger partial charge on any atom is -0.445 e. The summed E-state index contributed by atoms with van der Waals surface area (Å²) in [6, 6.07) is 7.29. The molecule has 12 heteroatoms. The van der Waals surface area contributed by atoms with Gasteiger partial charge >= 0.3 is 6.09 Å². The molecule has 0 radical (unpaired) electrons. The molecule has 11 nitrogen and oxygen atoms in total. The first kappa shape index (κ1) is 31.5. The fourth-order valence-electron chi connectivity index (χ4n) is 4.50. The zero-order valence-electron chi connectivity index (χ0n) is 23.0. The van der Waals surface area contributed by atoms with E-state index >= 15 is 0 Å². The molecule has 1 fully saturated rings.